The molecule has 12 aromatic carbocycles. The largest absolute Gasteiger partial charge is 0.436 e. The maximum absolute atomic E-state index is 6.13. The van der Waals surface area contributed by atoms with Crippen LogP contribution in [0.1, 0.15) is 0 Å². The molecule has 4 aromatic heterocycles. The zero-order valence-electron chi connectivity index (χ0n) is 41.1. The zero-order chi connectivity index (χ0) is 50.6. The van der Waals surface area contributed by atoms with Crippen molar-refractivity contribution >= 4 is 87.1 Å². The summed E-state index contributed by atoms with van der Waals surface area (Å²) in [5, 5.41) is 11.3. The number of nitrogens with zero attached hydrogens (tertiary/aromatic N) is 6. The number of oxazole rings is 2. The quantitative estimate of drug-likeness (QED) is 0.157. The van der Waals surface area contributed by atoms with E-state index in [1.54, 1.807) is 0 Å². The molecule has 0 fully saturated rings. The van der Waals surface area contributed by atoms with Gasteiger partial charge in [-0.25, -0.2) is 24.9 Å². The van der Waals surface area contributed by atoms with E-state index in [2.05, 4.69) is 199 Å². The van der Waals surface area contributed by atoms with Crippen LogP contribution in [0.15, 0.2) is 251 Å². The van der Waals surface area contributed by atoms with Crippen LogP contribution in [0, 0.1) is 0 Å². The minimum Gasteiger partial charge on any atom is -0.436 e. The molecule has 0 aliphatic heterocycles. The molecule has 0 radical (unpaired) electrons. The third kappa shape index (κ3) is 7.34. The molecule has 8 nitrogen and oxygen atoms in total. The van der Waals surface area contributed by atoms with Crippen LogP contribution in [0.25, 0.3) is 161 Å². The van der Waals surface area contributed by atoms with Gasteiger partial charge in [-0.2, -0.15) is 0 Å². The third-order valence-electron chi connectivity index (χ3n) is 15.0. The fourth-order valence-electron chi connectivity index (χ4n) is 11.1. The molecule has 0 amide bonds. The molecular formula is C69H40N6O2. The van der Waals surface area contributed by atoms with Gasteiger partial charge in [-0.3, -0.25) is 0 Å². The maximum atomic E-state index is 6.13. The van der Waals surface area contributed by atoms with E-state index >= 15 is 0 Å². The Morgan fingerprint density at radius 1 is 0.260 bits per heavy atom. The topological polar surface area (TPSA) is 95.7 Å². The van der Waals surface area contributed by atoms with Gasteiger partial charge in [-0.15, -0.1) is 0 Å². The molecule has 358 valence electrons. The van der Waals surface area contributed by atoms with Crippen LogP contribution in [0.2, 0.25) is 0 Å². The molecule has 0 aliphatic carbocycles. The van der Waals surface area contributed by atoms with E-state index in [1.165, 1.54) is 32.6 Å². The first-order valence-electron chi connectivity index (χ1n) is 25.7. The highest BCUT2D eigenvalue weighted by Crippen LogP contribution is 2.38. The Balaban J connectivity index is 0.770. The van der Waals surface area contributed by atoms with Crippen LogP contribution in [-0.4, -0.2) is 29.5 Å². The SMILES string of the molecule is c1ccc(-n2c3ccccc3c3cc4cc(-c5ccc6cc(-c7nc(-c8ccc9cc(-c%10nc%11ccccc%11o%10)ccc9c8)nc(-c8ccc9cc(-c%10nc%11ccccc%11o%10)ccc9c8)n7)ccc6c5)ccc4cc32)cc1. The Hall–Kier alpha value is -10.6. The standard InChI is InChI=1S/C69H40N6O2/c1-2-10-56(11-3-1)75-61-15-7-4-12-57(61)58-39-55-38-48(20-21-49(55)40-62(58)75)41-18-19-43-33-50(27-22-42(43)32-41)65-72-66(51-28-23-46-36-53(30-25-44(46)34-51)68-70-59-13-5-8-16-63(59)76-68)74-67(73-65)52-29-24-47-37-54(31-26-45(47)35-52)69-71-60-14-6-9-17-64(60)77-69/h1-40H. The van der Waals surface area contributed by atoms with Gasteiger partial charge in [0, 0.05) is 44.3 Å². The van der Waals surface area contributed by atoms with E-state index in [4.69, 9.17) is 33.8 Å². The van der Waals surface area contributed by atoms with Crippen LogP contribution in [0.4, 0.5) is 0 Å². The van der Waals surface area contributed by atoms with Gasteiger partial charge >= 0.3 is 0 Å². The lowest BCUT2D eigenvalue weighted by molar-refractivity contribution is 0.619. The van der Waals surface area contributed by atoms with Crippen molar-refractivity contribution in [1.82, 2.24) is 29.5 Å². The minimum absolute atomic E-state index is 0.579. The summed E-state index contributed by atoms with van der Waals surface area (Å²) in [5.74, 6) is 2.92. The summed E-state index contributed by atoms with van der Waals surface area (Å²) in [6, 6.07) is 84.8. The Kier molecular flexibility index (Phi) is 9.46. The van der Waals surface area contributed by atoms with Crippen LogP contribution in [0.5, 0.6) is 0 Å². The molecule has 0 unspecified atom stereocenters. The van der Waals surface area contributed by atoms with E-state index in [9.17, 15) is 0 Å². The molecule has 8 heteroatoms. The number of benzene rings is 12. The fraction of sp³-hybridized carbons (Fsp3) is 0. The molecule has 0 saturated heterocycles. The van der Waals surface area contributed by atoms with E-state index < -0.39 is 0 Å². The van der Waals surface area contributed by atoms with E-state index in [0.717, 1.165) is 99.1 Å². The van der Waals surface area contributed by atoms with Gasteiger partial charge in [-0.05, 0) is 163 Å². The second-order valence-corrected chi connectivity index (χ2v) is 19.7. The first-order valence-corrected chi connectivity index (χ1v) is 25.7. The van der Waals surface area contributed by atoms with Gasteiger partial charge in [0.25, 0.3) is 0 Å². The highest BCUT2D eigenvalue weighted by atomic mass is 16.4. The van der Waals surface area contributed by atoms with Crippen molar-refractivity contribution in [3.8, 4) is 73.9 Å². The van der Waals surface area contributed by atoms with Crippen LogP contribution < -0.4 is 0 Å². The smallest absolute Gasteiger partial charge is 0.227 e. The number of hydrogen-bond acceptors (Lipinski definition) is 7. The van der Waals surface area contributed by atoms with Gasteiger partial charge < -0.3 is 13.4 Å². The second-order valence-electron chi connectivity index (χ2n) is 19.7. The summed E-state index contributed by atoms with van der Waals surface area (Å²) in [6.45, 7) is 0. The molecule has 0 atom stereocenters. The van der Waals surface area contributed by atoms with Crippen molar-refractivity contribution in [2.45, 2.75) is 0 Å². The lowest BCUT2D eigenvalue weighted by Gasteiger charge is -2.11. The number of para-hydroxylation sites is 6. The zero-order valence-corrected chi connectivity index (χ0v) is 41.1. The monoisotopic (exact) mass is 984 g/mol. The highest BCUT2D eigenvalue weighted by Gasteiger charge is 2.18. The van der Waals surface area contributed by atoms with Crippen molar-refractivity contribution in [2.24, 2.45) is 0 Å². The molecule has 77 heavy (non-hydrogen) atoms. The molecule has 16 rings (SSSR count). The van der Waals surface area contributed by atoms with Crippen LogP contribution in [-0.2, 0) is 0 Å². The minimum atomic E-state index is 0.579. The third-order valence-corrected chi connectivity index (χ3v) is 15.0. The van der Waals surface area contributed by atoms with E-state index in [1.807, 2.05) is 48.5 Å². The Labute approximate surface area is 439 Å². The fourth-order valence-corrected chi connectivity index (χ4v) is 11.1. The molecule has 0 saturated carbocycles. The molecule has 0 aliphatic rings. The number of rotatable bonds is 7. The maximum Gasteiger partial charge on any atom is 0.227 e. The molecule has 0 bridgehead atoms. The summed E-state index contributed by atoms with van der Waals surface area (Å²) in [5.41, 5.74) is 13.5. The van der Waals surface area contributed by atoms with Crippen molar-refractivity contribution in [2.75, 3.05) is 0 Å². The molecule has 16 aromatic rings. The summed E-state index contributed by atoms with van der Waals surface area (Å²) < 4.78 is 14.6. The molecule has 4 heterocycles. The molecule has 0 N–H and O–H groups in total. The first kappa shape index (κ1) is 42.9. The van der Waals surface area contributed by atoms with Gasteiger partial charge in [0.1, 0.15) is 11.0 Å². The Morgan fingerprint density at radius 3 is 1.16 bits per heavy atom. The summed E-state index contributed by atoms with van der Waals surface area (Å²) in [6.07, 6.45) is 0. The number of aromatic nitrogens is 6. The summed E-state index contributed by atoms with van der Waals surface area (Å²) in [7, 11) is 0. The Bertz CT molecular complexity index is 4830. The molecule has 0 spiro atoms. The molecular weight excluding hydrogens is 945 g/mol. The normalized spacial score (nSPS) is 11.9. The average molecular weight is 985 g/mol. The van der Waals surface area contributed by atoms with Gasteiger partial charge in [-0.1, -0.05) is 133 Å². The van der Waals surface area contributed by atoms with Crippen molar-refractivity contribution < 1.29 is 8.83 Å². The number of hydrogen-bond donors (Lipinski definition) is 0. The lowest BCUT2D eigenvalue weighted by Crippen LogP contribution is -2.00. The van der Waals surface area contributed by atoms with Gasteiger partial charge in [0.2, 0.25) is 11.8 Å². The van der Waals surface area contributed by atoms with Crippen LogP contribution >= 0.6 is 0 Å². The lowest BCUT2D eigenvalue weighted by atomic mass is 9.97. The van der Waals surface area contributed by atoms with E-state index in [0.29, 0.717) is 29.3 Å². The van der Waals surface area contributed by atoms with E-state index in [-0.39, 0.29) is 0 Å². The summed E-state index contributed by atoms with van der Waals surface area (Å²) >= 11 is 0. The summed E-state index contributed by atoms with van der Waals surface area (Å²) in [4.78, 5) is 25.1. The van der Waals surface area contributed by atoms with Crippen molar-refractivity contribution in [1.29, 1.82) is 0 Å². The predicted molar refractivity (Wildman–Crippen MR) is 312 cm³/mol. The van der Waals surface area contributed by atoms with Crippen molar-refractivity contribution in [3.05, 3.63) is 243 Å². The second kappa shape index (κ2) is 17.0. The first-order chi connectivity index (χ1) is 38.0. The average Bonchev–Trinajstić information content (AvgIpc) is 4.25. The predicted octanol–water partition coefficient (Wildman–Crippen LogP) is 17.9. The Morgan fingerprint density at radius 2 is 0.649 bits per heavy atom. The van der Waals surface area contributed by atoms with Crippen molar-refractivity contribution in [3.63, 3.8) is 0 Å². The highest BCUT2D eigenvalue weighted by molar-refractivity contribution is 6.14. The number of fused-ring (bicyclic) bond motifs is 9. The van der Waals surface area contributed by atoms with Gasteiger partial charge in [0.15, 0.2) is 28.6 Å². The van der Waals surface area contributed by atoms with Gasteiger partial charge in [0.05, 0.1) is 11.0 Å². The van der Waals surface area contributed by atoms with Crippen LogP contribution in [0.3, 0.4) is 0 Å².